The van der Waals surface area contributed by atoms with Gasteiger partial charge in [0, 0.05) is 38.7 Å². The van der Waals surface area contributed by atoms with Crippen molar-refractivity contribution in [2.45, 2.75) is 33.2 Å². The quantitative estimate of drug-likeness (QED) is 0.703. The predicted octanol–water partition coefficient (Wildman–Crippen LogP) is 3.52. The molecule has 0 atom stereocenters. The zero-order chi connectivity index (χ0) is 19.8. The first-order valence-electron chi connectivity index (χ1n) is 9.13. The van der Waals surface area contributed by atoms with Crippen LogP contribution in [0.15, 0.2) is 12.3 Å². The predicted molar refractivity (Wildman–Crippen MR) is 109 cm³/mol. The topological polar surface area (TPSA) is 96.1 Å². The van der Waals surface area contributed by atoms with Crippen LogP contribution in [0.5, 0.6) is 0 Å². The molecule has 2 aromatic rings. The van der Waals surface area contributed by atoms with Crippen LogP contribution < -0.4 is 5.32 Å². The highest BCUT2D eigenvalue weighted by Gasteiger charge is 2.18. The molecule has 0 radical (unpaired) electrons. The van der Waals surface area contributed by atoms with Gasteiger partial charge in [-0.15, -0.1) is 10.8 Å². The second-order valence-corrected chi connectivity index (χ2v) is 7.62. The lowest BCUT2D eigenvalue weighted by molar-refractivity contribution is 0.215. The highest BCUT2D eigenvalue weighted by atomic mass is 35.5. The SMILES string of the molecule is CCOC.CCn1nc(Cl)c2c(NCC3CCN([S-](=N)=O)CC3)ccnc21. The summed E-state index contributed by atoms with van der Waals surface area (Å²) >= 11 is 6.26. The van der Waals surface area contributed by atoms with Gasteiger partial charge >= 0.3 is 0 Å². The molecule has 0 bridgehead atoms. The number of piperidine rings is 1. The van der Waals surface area contributed by atoms with E-state index in [9.17, 15) is 4.21 Å². The highest BCUT2D eigenvalue weighted by Crippen LogP contribution is 2.29. The van der Waals surface area contributed by atoms with E-state index in [1.165, 1.54) is 0 Å². The molecule has 3 rings (SSSR count). The van der Waals surface area contributed by atoms with E-state index in [4.69, 9.17) is 16.4 Å². The summed E-state index contributed by atoms with van der Waals surface area (Å²) in [5, 5.41) is 9.10. The second kappa shape index (κ2) is 10.8. The van der Waals surface area contributed by atoms with Crippen LogP contribution in [0.3, 0.4) is 0 Å². The number of anilines is 1. The molecule has 0 saturated carbocycles. The molecule has 8 nitrogen and oxygen atoms in total. The van der Waals surface area contributed by atoms with E-state index in [1.54, 1.807) is 22.3 Å². The Morgan fingerprint density at radius 1 is 1.41 bits per heavy atom. The van der Waals surface area contributed by atoms with Crippen molar-refractivity contribution < 1.29 is 8.95 Å². The average molecular weight is 416 g/mol. The van der Waals surface area contributed by atoms with Gasteiger partial charge in [-0.05, 0) is 51.8 Å². The number of hydrogen-bond acceptors (Lipinski definition) is 7. The fourth-order valence-corrected chi connectivity index (χ4v) is 3.77. The third kappa shape index (κ3) is 5.78. The summed E-state index contributed by atoms with van der Waals surface area (Å²) in [6, 6.07) is 1.92. The van der Waals surface area contributed by atoms with Gasteiger partial charge in [0.05, 0.1) is 5.39 Å². The molecule has 1 aliphatic heterocycles. The van der Waals surface area contributed by atoms with E-state index in [0.29, 0.717) is 24.2 Å². The summed E-state index contributed by atoms with van der Waals surface area (Å²) in [6.07, 6.45) is 3.64. The molecule has 1 aliphatic rings. The van der Waals surface area contributed by atoms with E-state index in [2.05, 4.69) is 20.1 Å². The van der Waals surface area contributed by atoms with Crippen LogP contribution in [0.25, 0.3) is 11.0 Å². The number of nitrogens with one attached hydrogen (secondary N) is 2. The zero-order valence-electron chi connectivity index (χ0n) is 16.1. The maximum atomic E-state index is 11.2. The van der Waals surface area contributed by atoms with Gasteiger partial charge in [-0.25, -0.2) is 9.67 Å². The van der Waals surface area contributed by atoms with Crippen LogP contribution in [0.4, 0.5) is 5.69 Å². The Labute approximate surface area is 167 Å². The molecule has 2 aromatic heterocycles. The molecule has 3 heterocycles. The zero-order valence-corrected chi connectivity index (χ0v) is 17.6. The number of nitrogens with zero attached hydrogens (tertiary/aromatic N) is 4. The molecule has 0 amide bonds. The molecule has 27 heavy (non-hydrogen) atoms. The Kier molecular flexibility index (Phi) is 8.75. The van der Waals surface area contributed by atoms with Crippen LogP contribution in [0, 0.1) is 10.7 Å². The van der Waals surface area contributed by atoms with E-state index in [0.717, 1.165) is 49.3 Å². The van der Waals surface area contributed by atoms with Gasteiger partial charge in [0.1, 0.15) is 0 Å². The molecule has 1 fully saturated rings. The number of fused-ring (bicyclic) bond motifs is 1. The largest absolute Gasteiger partial charge is 0.430 e. The van der Waals surface area contributed by atoms with Crippen LogP contribution >= 0.6 is 11.6 Å². The second-order valence-electron chi connectivity index (χ2n) is 6.24. The van der Waals surface area contributed by atoms with E-state index in [1.807, 2.05) is 19.9 Å². The van der Waals surface area contributed by atoms with Crippen molar-refractivity contribution in [3.05, 3.63) is 17.4 Å². The molecular formula is C17H28ClN6O2S-. The van der Waals surface area contributed by atoms with Crippen molar-refractivity contribution in [1.82, 2.24) is 19.1 Å². The lowest BCUT2D eigenvalue weighted by Crippen LogP contribution is -2.34. The van der Waals surface area contributed by atoms with Crippen LogP contribution in [-0.4, -0.2) is 52.4 Å². The molecular weight excluding hydrogens is 388 g/mol. The number of methoxy groups -OCH3 is 1. The Bertz CT molecular complexity index is 792. The third-order valence-electron chi connectivity index (χ3n) is 4.57. The van der Waals surface area contributed by atoms with E-state index < -0.39 is 10.8 Å². The summed E-state index contributed by atoms with van der Waals surface area (Å²) in [7, 11) is 0.0798. The summed E-state index contributed by atoms with van der Waals surface area (Å²) in [5.41, 5.74) is 1.74. The molecule has 1 saturated heterocycles. The summed E-state index contributed by atoms with van der Waals surface area (Å²) < 4.78 is 26.5. The van der Waals surface area contributed by atoms with Crippen molar-refractivity contribution >= 4 is 39.1 Å². The van der Waals surface area contributed by atoms with Gasteiger partial charge in [0.25, 0.3) is 0 Å². The first-order chi connectivity index (χ1) is 13.0. The Hall–Kier alpha value is -1.42. The summed E-state index contributed by atoms with van der Waals surface area (Å²) in [6.45, 7) is 7.76. The number of aryl methyl sites for hydroxylation is 1. The highest BCUT2D eigenvalue weighted by molar-refractivity contribution is 7.70. The number of hydrogen-bond donors (Lipinski definition) is 2. The van der Waals surface area contributed by atoms with Crippen molar-refractivity contribution in [1.29, 1.82) is 4.78 Å². The average Bonchev–Trinajstić information content (AvgIpc) is 3.03. The van der Waals surface area contributed by atoms with Gasteiger partial charge < -0.3 is 23.3 Å². The van der Waals surface area contributed by atoms with E-state index in [-0.39, 0.29) is 0 Å². The number of aromatic nitrogens is 3. The minimum absolute atomic E-state index is 0.469. The molecule has 0 aromatic carbocycles. The minimum Gasteiger partial charge on any atom is -0.430 e. The van der Waals surface area contributed by atoms with Gasteiger partial charge in [-0.1, -0.05) is 11.6 Å². The smallest absolute Gasteiger partial charge is 0.162 e. The van der Waals surface area contributed by atoms with E-state index >= 15 is 0 Å². The Morgan fingerprint density at radius 3 is 2.63 bits per heavy atom. The van der Waals surface area contributed by atoms with Gasteiger partial charge in [0.15, 0.2) is 10.8 Å². The molecule has 2 N–H and O–H groups in total. The van der Waals surface area contributed by atoms with Gasteiger partial charge in [-0.2, -0.15) is 5.10 Å². The number of pyridine rings is 1. The molecule has 10 heteroatoms. The van der Waals surface area contributed by atoms with Crippen molar-refractivity contribution in [3.8, 4) is 0 Å². The molecule has 152 valence electrons. The lowest BCUT2D eigenvalue weighted by Gasteiger charge is -2.34. The fourth-order valence-electron chi connectivity index (χ4n) is 2.95. The molecule has 0 aliphatic carbocycles. The molecule has 0 unspecified atom stereocenters. The Balaban J connectivity index is 0.000000596. The normalized spacial score (nSPS) is 15.7. The van der Waals surface area contributed by atoms with Crippen LogP contribution in [0.1, 0.15) is 26.7 Å². The Morgan fingerprint density at radius 2 is 2.07 bits per heavy atom. The first kappa shape index (κ1) is 21.9. The third-order valence-corrected chi connectivity index (χ3v) is 5.67. The van der Waals surface area contributed by atoms with Crippen LogP contribution in [-0.2, 0) is 26.3 Å². The number of halogens is 1. The van der Waals surface area contributed by atoms with Crippen molar-refractivity contribution in [2.75, 3.05) is 38.7 Å². The first-order valence-corrected chi connectivity index (χ1v) is 10.6. The maximum absolute atomic E-state index is 11.2. The standard InChI is InChI=1S/C14H20ClN6OS.C3H8O/c1-2-21-14-12(13(15)19-21)11(3-6-17-14)18-9-10-4-7-20(8-5-10)23(16)22;1-3-4-2/h3,6,10,16H,2,4-5,7-9H2,1H3,(H,17,18);3H2,1-2H3/q-1;. The monoisotopic (exact) mass is 415 g/mol. The maximum Gasteiger partial charge on any atom is 0.162 e. The minimum atomic E-state index is -1.60. The van der Waals surface area contributed by atoms with Crippen LogP contribution in [0.2, 0.25) is 5.15 Å². The molecule has 0 spiro atoms. The van der Waals surface area contributed by atoms with Crippen molar-refractivity contribution in [2.24, 2.45) is 5.92 Å². The number of rotatable bonds is 6. The summed E-state index contributed by atoms with van der Waals surface area (Å²) in [4.78, 5) is 4.37. The van der Waals surface area contributed by atoms with Gasteiger partial charge in [0.2, 0.25) is 0 Å². The lowest BCUT2D eigenvalue weighted by atomic mass is 9.98. The number of ether oxygens (including phenoxy) is 1. The summed E-state index contributed by atoms with van der Waals surface area (Å²) in [5.74, 6) is 0.498. The van der Waals surface area contributed by atoms with Gasteiger partial charge in [-0.3, -0.25) is 0 Å². The van der Waals surface area contributed by atoms with Crippen molar-refractivity contribution in [3.63, 3.8) is 0 Å². The fraction of sp³-hybridized carbons (Fsp3) is 0.647.